The monoisotopic (exact) mass is 172 g/mol. The highest BCUT2D eigenvalue weighted by molar-refractivity contribution is 5.88. The zero-order chi connectivity index (χ0) is 9.14. The summed E-state index contributed by atoms with van der Waals surface area (Å²) < 4.78 is 0. The Kier molecular flexibility index (Phi) is 2.49. The molecule has 1 saturated heterocycles. The third-order valence-corrected chi connectivity index (χ3v) is 1.86. The van der Waals surface area contributed by atoms with Gasteiger partial charge in [0.2, 0.25) is 5.91 Å². The maximum atomic E-state index is 11.2. The van der Waals surface area contributed by atoms with Crippen LogP contribution in [0.1, 0.15) is 6.42 Å². The van der Waals surface area contributed by atoms with Gasteiger partial charge >= 0.3 is 6.03 Å². The average Bonchev–Trinajstić information content (AvgIpc) is 2.36. The summed E-state index contributed by atoms with van der Waals surface area (Å²) in [7, 11) is 1.70. The van der Waals surface area contributed by atoms with E-state index in [-0.39, 0.29) is 5.91 Å². The van der Waals surface area contributed by atoms with Crippen LogP contribution in [0.3, 0.4) is 0 Å². The molecule has 6 nitrogen and oxygen atoms in total. The Bertz CT molecular complexity index is 206. The van der Waals surface area contributed by atoms with Gasteiger partial charge in [-0.15, -0.1) is 0 Å². The molecule has 1 aliphatic rings. The topological polar surface area (TPSA) is 87.5 Å². The molecule has 0 aromatic carbocycles. The summed E-state index contributed by atoms with van der Waals surface area (Å²) in [6.45, 7) is 0.675. The van der Waals surface area contributed by atoms with Crippen LogP contribution in [0.4, 0.5) is 4.79 Å². The Morgan fingerprint density at radius 2 is 2.42 bits per heavy atom. The molecule has 1 aliphatic heterocycles. The molecular formula is C6H12N4O2. The van der Waals surface area contributed by atoms with Crippen molar-refractivity contribution in [2.24, 2.45) is 5.84 Å². The summed E-state index contributed by atoms with van der Waals surface area (Å²) in [6.07, 6.45) is 0.642. The lowest BCUT2D eigenvalue weighted by Crippen LogP contribution is -2.47. The first-order chi connectivity index (χ1) is 5.65. The lowest BCUT2D eigenvalue weighted by atomic mass is 10.2. The summed E-state index contributed by atoms with van der Waals surface area (Å²) >= 11 is 0. The van der Waals surface area contributed by atoms with Gasteiger partial charge in [-0.05, 0) is 6.42 Å². The minimum atomic E-state index is -0.524. The van der Waals surface area contributed by atoms with Gasteiger partial charge in [0, 0.05) is 13.6 Å². The Morgan fingerprint density at radius 1 is 1.75 bits per heavy atom. The number of hydrogen-bond donors (Lipinski definition) is 3. The van der Waals surface area contributed by atoms with E-state index < -0.39 is 12.1 Å². The second-order valence-electron chi connectivity index (χ2n) is 2.72. The number of nitrogens with two attached hydrogens (primary N) is 1. The Labute approximate surface area is 70.1 Å². The van der Waals surface area contributed by atoms with Crippen molar-refractivity contribution in [1.29, 1.82) is 0 Å². The first-order valence-corrected chi connectivity index (χ1v) is 3.67. The summed E-state index contributed by atoms with van der Waals surface area (Å²) in [4.78, 5) is 23.5. The van der Waals surface area contributed by atoms with Gasteiger partial charge in [-0.2, -0.15) is 0 Å². The lowest BCUT2D eigenvalue weighted by Gasteiger charge is -2.11. The minimum Gasteiger partial charge on any atom is -0.344 e. The number of hydrogen-bond acceptors (Lipinski definition) is 3. The number of urea groups is 1. The van der Waals surface area contributed by atoms with Crippen molar-refractivity contribution in [2.75, 3.05) is 13.6 Å². The minimum absolute atomic E-state index is 0.0707. The van der Waals surface area contributed by atoms with Crippen LogP contribution in [0.2, 0.25) is 0 Å². The van der Waals surface area contributed by atoms with Gasteiger partial charge in [0.05, 0.1) is 0 Å². The number of nitrogens with one attached hydrogen (secondary N) is 2. The van der Waals surface area contributed by atoms with Gasteiger partial charge in [-0.3, -0.25) is 10.2 Å². The molecule has 1 unspecified atom stereocenters. The first-order valence-electron chi connectivity index (χ1n) is 3.67. The van der Waals surface area contributed by atoms with Crippen LogP contribution in [0.15, 0.2) is 0 Å². The fourth-order valence-corrected chi connectivity index (χ4v) is 1.16. The fourth-order valence-electron chi connectivity index (χ4n) is 1.16. The molecule has 0 aliphatic carbocycles. The van der Waals surface area contributed by atoms with E-state index in [4.69, 9.17) is 5.84 Å². The number of nitrogens with zero attached hydrogens (tertiary/aromatic N) is 1. The standard InChI is InChI=1S/C6H12N4O2/c1-10-3-2-4(5(10)11)8-6(12)9-7/h4H,2-3,7H2,1H3,(H2,8,9,12). The molecular weight excluding hydrogens is 160 g/mol. The van der Waals surface area contributed by atoms with Crippen molar-refractivity contribution in [2.45, 2.75) is 12.5 Å². The normalized spacial score (nSPS) is 22.7. The molecule has 1 atom stereocenters. The van der Waals surface area contributed by atoms with Crippen LogP contribution in [0.5, 0.6) is 0 Å². The molecule has 12 heavy (non-hydrogen) atoms. The molecule has 0 bridgehead atoms. The molecule has 4 N–H and O–H groups in total. The van der Waals surface area contributed by atoms with Crippen LogP contribution < -0.4 is 16.6 Å². The van der Waals surface area contributed by atoms with Crippen LogP contribution in [0.25, 0.3) is 0 Å². The molecule has 0 aromatic rings. The van der Waals surface area contributed by atoms with Crippen molar-refractivity contribution in [3.8, 4) is 0 Å². The molecule has 0 aromatic heterocycles. The predicted octanol–water partition coefficient (Wildman–Crippen LogP) is -1.61. The summed E-state index contributed by atoms with van der Waals surface area (Å²) in [5, 5.41) is 2.44. The van der Waals surface area contributed by atoms with Crippen molar-refractivity contribution in [1.82, 2.24) is 15.6 Å². The Hall–Kier alpha value is -1.30. The van der Waals surface area contributed by atoms with E-state index in [1.54, 1.807) is 11.9 Å². The highest BCUT2D eigenvalue weighted by Gasteiger charge is 2.29. The van der Waals surface area contributed by atoms with Crippen LogP contribution in [-0.4, -0.2) is 36.5 Å². The average molecular weight is 172 g/mol. The van der Waals surface area contributed by atoms with E-state index in [0.717, 1.165) is 0 Å². The van der Waals surface area contributed by atoms with E-state index >= 15 is 0 Å². The van der Waals surface area contributed by atoms with Gasteiger partial charge < -0.3 is 10.2 Å². The van der Waals surface area contributed by atoms with E-state index in [1.807, 2.05) is 5.43 Å². The van der Waals surface area contributed by atoms with Gasteiger partial charge in [-0.1, -0.05) is 0 Å². The summed E-state index contributed by atoms with van der Waals surface area (Å²) in [5.41, 5.74) is 1.91. The molecule has 68 valence electrons. The Morgan fingerprint density at radius 3 is 2.83 bits per heavy atom. The molecule has 0 saturated carbocycles. The van der Waals surface area contributed by atoms with Gasteiger partial charge in [0.1, 0.15) is 6.04 Å². The highest BCUT2D eigenvalue weighted by atomic mass is 16.2. The number of hydrazine groups is 1. The smallest absolute Gasteiger partial charge is 0.329 e. The van der Waals surface area contributed by atoms with Crippen LogP contribution >= 0.6 is 0 Å². The van der Waals surface area contributed by atoms with Crippen molar-refractivity contribution < 1.29 is 9.59 Å². The third-order valence-electron chi connectivity index (χ3n) is 1.86. The Balaban J connectivity index is 2.44. The number of likely N-dealkylation sites (N-methyl/N-ethyl adjacent to an activating group) is 1. The number of amides is 3. The van der Waals surface area contributed by atoms with Crippen LogP contribution in [-0.2, 0) is 4.79 Å². The molecule has 1 rings (SSSR count). The third kappa shape index (κ3) is 1.65. The number of carbonyl (C=O) groups excluding carboxylic acids is 2. The SMILES string of the molecule is CN1CCC(NC(=O)NN)C1=O. The second kappa shape index (κ2) is 3.40. The van der Waals surface area contributed by atoms with E-state index in [9.17, 15) is 9.59 Å². The zero-order valence-corrected chi connectivity index (χ0v) is 6.83. The quantitative estimate of drug-likeness (QED) is 0.252. The summed E-state index contributed by atoms with van der Waals surface area (Å²) in [6, 6.07) is -0.942. The van der Waals surface area contributed by atoms with Crippen molar-refractivity contribution >= 4 is 11.9 Å². The second-order valence-corrected chi connectivity index (χ2v) is 2.72. The zero-order valence-electron chi connectivity index (χ0n) is 6.83. The fraction of sp³-hybridized carbons (Fsp3) is 0.667. The lowest BCUT2D eigenvalue weighted by molar-refractivity contribution is -0.128. The maximum absolute atomic E-state index is 11.2. The summed E-state index contributed by atoms with van der Waals surface area (Å²) in [5.74, 6) is 4.77. The number of carbonyl (C=O) groups is 2. The van der Waals surface area contributed by atoms with Gasteiger partial charge in [-0.25, -0.2) is 10.6 Å². The molecule has 0 spiro atoms. The molecule has 6 heteroatoms. The molecule has 1 heterocycles. The largest absolute Gasteiger partial charge is 0.344 e. The maximum Gasteiger partial charge on any atom is 0.329 e. The van der Waals surface area contributed by atoms with Gasteiger partial charge in [0.15, 0.2) is 0 Å². The molecule has 3 amide bonds. The van der Waals surface area contributed by atoms with E-state index in [1.165, 1.54) is 0 Å². The van der Waals surface area contributed by atoms with E-state index in [2.05, 4.69) is 5.32 Å². The van der Waals surface area contributed by atoms with E-state index in [0.29, 0.717) is 13.0 Å². The van der Waals surface area contributed by atoms with Crippen molar-refractivity contribution in [3.63, 3.8) is 0 Å². The molecule has 1 fully saturated rings. The highest BCUT2D eigenvalue weighted by Crippen LogP contribution is 2.07. The van der Waals surface area contributed by atoms with Gasteiger partial charge in [0.25, 0.3) is 0 Å². The number of rotatable bonds is 1. The van der Waals surface area contributed by atoms with Crippen LogP contribution in [0, 0.1) is 0 Å². The molecule has 0 radical (unpaired) electrons. The number of likely N-dealkylation sites (tertiary alicyclic amines) is 1. The first kappa shape index (κ1) is 8.79. The predicted molar refractivity (Wildman–Crippen MR) is 41.9 cm³/mol. The van der Waals surface area contributed by atoms with Crippen molar-refractivity contribution in [3.05, 3.63) is 0 Å².